The third-order valence-electron chi connectivity index (χ3n) is 4.26. The molecule has 2 amide bonds. The van der Waals surface area contributed by atoms with Crippen LogP contribution >= 0.6 is 23.2 Å². The van der Waals surface area contributed by atoms with Crippen molar-refractivity contribution in [2.24, 2.45) is 0 Å². The second kappa shape index (κ2) is 8.39. The van der Waals surface area contributed by atoms with Crippen LogP contribution in [-0.4, -0.2) is 15.8 Å². The lowest BCUT2D eigenvalue weighted by molar-refractivity contribution is 0.262. The quantitative estimate of drug-likeness (QED) is 0.394. The first-order chi connectivity index (χ1) is 14.1. The van der Waals surface area contributed by atoms with Gasteiger partial charge < -0.3 is 10.6 Å². The zero-order chi connectivity index (χ0) is 20.2. The van der Waals surface area contributed by atoms with E-state index in [1.807, 2.05) is 54.7 Å². The van der Waals surface area contributed by atoms with Gasteiger partial charge in [0.05, 0.1) is 17.6 Å². The van der Waals surface area contributed by atoms with E-state index < -0.39 is 0 Å². The number of hydrogen-bond acceptors (Lipinski definition) is 2. The molecule has 0 fully saturated rings. The molecule has 0 saturated carbocycles. The molecular formula is C22H16Cl2N4O. The second-order valence-electron chi connectivity index (χ2n) is 6.28. The van der Waals surface area contributed by atoms with Gasteiger partial charge in [-0.2, -0.15) is 5.10 Å². The van der Waals surface area contributed by atoms with Gasteiger partial charge in [-0.25, -0.2) is 9.48 Å². The number of hydrogen-bond donors (Lipinski definition) is 2. The molecule has 0 saturated heterocycles. The summed E-state index contributed by atoms with van der Waals surface area (Å²) >= 11 is 11.8. The summed E-state index contributed by atoms with van der Waals surface area (Å²) in [6, 6.07) is 21.5. The fourth-order valence-corrected chi connectivity index (χ4v) is 3.11. The van der Waals surface area contributed by atoms with Crippen LogP contribution in [0.3, 0.4) is 0 Å². The molecule has 29 heavy (non-hydrogen) atoms. The van der Waals surface area contributed by atoms with Gasteiger partial charge in [0, 0.05) is 33.1 Å². The summed E-state index contributed by atoms with van der Waals surface area (Å²) in [4.78, 5) is 12.4. The van der Waals surface area contributed by atoms with Crippen LogP contribution in [0.2, 0.25) is 10.0 Å². The highest BCUT2D eigenvalue weighted by Gasteiger charge is 2.11. The van der Waals surface area contributed by atoms with Crippen LogP contribution in [0.5, 0.6) is 0 Å². The number of para-hydroxylation sites is 1. The van der Waals surface area contributed by atoms with E-state index in [1.165, 1.54) is 0 Å². The van der Waals surface area contributed by atoms with E-state index in [4.69, 9.17) is 23.2 Å². The highest BCUT2D eigenvalue weighted by Crippen LogP contribution is 2.28. The summed E-state index contributed by atoms with van der Waals surface area (Å²) in [5.41, 5.74) is 3.96. The molecule has 0 aliphatic rings. The predicted octanol–water partition coefficient (Wildman–Crippen LogP) is 6.49. The zero-order valence-corrected chi connectivity index (χ0v) is 16.7. The third-order valence-corrected chi connectivity index (χ3v) is 4.77. The van der Waals surface area contributed by atoms with Crippen LogP contribution in [0.25, 0.3) is 16.8 Å². The molecule has 4 aromatic rings. The molecule has 1 heterocycles. The molecule has 0 aliphatic heterocycles. The van der Waals surface area contributed by atoms with Crippen molar-refractivity contribution in [2.45, 2.75) is 0 Å². The Kier molecular flexibility index (Phi) is 5.51. The molecule has 0 radical (unpaired) electrons. The van der Waals surface area contributed by atoms with Crippen molar-refractivity contribution in [1.82, 2.24) is 9.78 Å². The van der Waals surface area contributed by atoms with Gasteiger partial charge in [-0.1, -0.05) is 41.4 Å². The lowest BCUT2D eigenvalue weighted by Gasteiger charge is -2.11. The number of nitrogens with zero attached hydrogens (tertiary/aromatic N) is 2. The molecular weight excluding hydrogens is 407 g/mol. The van der Waals surface area contributed by atoms with Crippen molar-refractivity contribution in [3.05, 3.63) is 95.2 Å². The molecule has 0 aliphatic carbocycles. The van der Waals surface area contributed by atoms with E-state index in [2.05, 4.69) is 15.7 Å². The molecule has 3 aromatic carbocycles. The standard InChI is InChI=1S/C22H16Cl2N4O/c23-16-5-9-18(10-6-16)26-22(29)27-21-4-2-1-3-20(21)15-13-25-28(14-15)19-11-7-17(24)8-12-19/h1-14H,(H2,26,27,29). The van der Waals surface area contributed by atoms with Crippen LogP contribution in [0, 0.1) is 0 Å². The first kappa shape index (κ1) is 19.1. The topological polar surface area (TPSA) is 59.0 Å². The lowest BCUT2D eigenvalue weighted by Crippen LogP contribution is -2.19. The molecule has 144 valence electrons. The lowest BCUT2D eigenvalue weighted by atomic mass is 10.1. The average molecular weight is 423 g/mol. The van der Waals surface area contributed by atoms with Gasteiger partial charge >= 0.3 is 6.03 Å². The average Bonchev–Trinajstić information content (AvgIpc) is 3.21. The van der Waals surface area contributed by atoms with Gasteiger partial charge in [-0.05, 0) is 54.6 Å². The summed E-state index contributed by atoms with van der Waals surface area (Å²) in [5.74, 6) is 0. The summed E-state index contributed by atoms with van der Waals surface area (Å²) in [7, 11) is 0. The Morgan fingerprint density at radius 2 is 1.48 bits per heavy atom. The van der Waals surface area contributed by atoms with Crippen LogP contribution in [-0.2, 0) is 0 Å². The summed E-state index contributed by atoms with van der Waals surface area (Å²) < 4.78 is 1.76. The largest absolute Gasteiger partial charge is 0.323 e. The molecule has 5 nitrogen and oxygen atoms in total. The predicted molar refractivity (Wildman–Crippen MR) is 118 cm³/mol. The number of carbonyl (C=O) groups is 1. The third kappa shape index (κ3) is 4.59. The summed E-state index contributed by atoms with van der Waals surface area (Å²) in [6.07, 6.45) is 3.66. The molecule has 0 spiro atoms. The number of rotatable bonds is 4. The number of anilines is 2. The van der Waals surface area contributed by atoms with E-state index in [0.29, 0.717) is 21.4 Å². The van der Waals surface area contributed by atoms with Crippen molar-refractivity contribution < 1.29 is 4.79 Å². The highest BCUT2D eigenvalue weighted by molar-refractivity contribution is 6.30. The molecule has 4 rings (SSSR count). The summed E-state index contributed by atoms with van der Waals surface area (Å²) in [5, 5.41) is 11.4. The van der Waals surface area contributed by atoms with E-state index in [0.717, 1.165) is 16.8 Å². The monoisotopic (exact) mass is 422 g/mol. The number of benzene rings is 3. The molecule has 7 heteroatoms. The van der Waals surface area contributed by atoms with Crippen LogP contribution in [0.1, 0.15) is 0 Å². The number of amides is 2. The van der Waals surface area contributed by atoms with E-state index in [-0.39, 0.29) is 6.03 Å². The minimum Gasteiger partial charge on any atom is -0.308 e. The Hall–Kier alpha value is -3.28. The maximum atomic E-state index is 12.4. The van der Waals surface area contributed by atoms with Gasteiger partial charge in [0.15, 0.2) is 0 Å². The molecule has 1 aromatic heterocycles. The highest BCUT2D eigenvalue weighted by atomic mass is 35.5. The van der Waals surface area contributed by atoms with Gasteiger partial charge in [-0.3, -0.25) is 0 Å². The molecule has 0 atom stereocenters. The first-order valence-corrected chi connectivity index (χ1v) is 9.58. The smallest absolute Gasteiger partial charge is 0.308 e. The normalized spacial score (nSPS) is 10.6. The Morgan fingerprint density at radius 1 is 0.828 bits per heavy atom. The van der Waals surface area contributed by atoms with Crippen LogP contribution in [0.15, 0.2) is 85.2 Å². The molecule has 0 unspecified atom stereocenters. The minimum absolute atomic E-state index is 0.343. The number of halogens is 2. The molecule has 0 bridgehead atoms. The van der Waals surface area contributed by atoms with E-state index >= 15 is 0 Å². The van der Waals surface area contributed by atoms with Gasteiger partial charge in [0.25, 0.3) is 0 Å². The first-order valence-electron chi connectivity index (χ1n) is 8.82. The van der Waals surface area contributed by atoms with Crippen molar-refractivity contribution in [2.75, 3.05) is 10.6 Å². The van der Waals surface area contributed by atoms with Crippen molar-refractivity contribution in [3.8, 4) is 16.8 Å². The fraction of sp³-hybridized carbons (Fsp3) is 0. The van der Waals surface area contributed by atoms with Crippen LogP contribution in [0.4, 0.5) is 16.2 Å². The van der Waals surface area contributed by atoms with Crippen molar-refractivity contribution in [3.63, 3.8) is 0 Å². The van der Waals surface area contributed by atoms with Crippen molar-refractivity contribution >= 4 is 40.6 Å². The Bertz CT molecular complexity index is 1140. The zero-order valence-electron chi connectivity index (χ0n) is 15.1. The Labute approximate surface area is 177 Å². The Balaban J connectivity index is 1.54. The summed E-state index contributed by atoms with van der Waals surface area (Å²) in [6.45, 7) is 0. The Morgan fingerprint density at radius 3 is 2.21 bits per heavy atom. The molecule has 2 N–H and O–H groups in total. The fourth-order valence-electron chi connectivity index (χ4n) is 2.86. The van der Waals surface area contributed by atoms with Gasteiger partial charge in [0.2, 0.25) is 0 Å². The van der Waals surface area contributed by atoms with E-state index in [9.17, 15) is 4.79 Å². The second-order valence-corrected chi connectivity index (χ2v) is 7.15. The van der Waals surface area contributed by atoms with Crippen LogP contribution < -0.4 is 10.6 Å². The van der Waals surface area contributed by atoms with Crippen molar-refractivity contribution in [1.29, 1.82) is 0 Å². The number of urea groups is 1. The number of aromatic nitrogens is 2. The SMILES string of the molecule is O=C(Nc1ccc(Cl)cc1)Nc1ccccc1-c1cnn(-c2ccc(Cl)cc2)c1. The number of nitrogens with one attached hydrogen (secondary N) is 2. The van der Waals surface area contributed by atoms with Gasteiger partial charge in [-0.15, -0.1) is 0 Å². The maximum absolute atomic E-state index is 12.4. The van der Waals surface area contributed by atoms with Gasteiger partial charge in [0.1, 0.15) is 0 Å². The number of carbonyl (C=O) groups excluding carboxylic acids is 1. The minimum atomic E-state index is -0.343. The van der Waals surface area contributed by atoms with E-state index in [1.54, 1.807) is 35.1 Å². The maximum Gasteiger partial charge on any atom is 0.323 e.